The van der Waals surface area contributed by atoms with E-state index < -0.39 is 12.6 Å². The Morgan fingerprint density at radius 1 is 1.03 bits per heavy atom. The Labute approximate surface area is 181 Å². The molecule has 1 aromatic heterocycles. The van der Waals surface area contributed by atoms with E-state index in [0.717, 1.165) is 5.56 Å². The summed E-state index contributed by atoms with van der Waals surface area (Å²) in [5.74, 6) is 0.385. The van der Waals surface area contributed by atoms with E-state index in [0.29, 0.717) is 17.1 Å². The molecular formula is C21H20F2N2O7. The summed E-state index contributed by atoms with van der Waals surface area (Å²) in [6.45, 7) is -1.70. The predicted octanol–water partition coefficient (Wildman–Crippen LogP) is 3.79. The van der Waals surface area contributed by atoms with Crippen LogP contribution in [0.25, 0.3) is 11.4 Å². The fourth-order valence-corrected chi connectivity index (χ4v) is 2.65. The molecule has 1 heterocycles. The van der Waals surface area contributed by atoms with Crippen LogP contribution in [0.2, 0.25) is 0 Å². The van der Waals surface area contributed by atoms with Gasteiger partial charge in [-0.05, 0) is 42.8 Å². The number of ether oxygens (including phenoxy) is 5. The largest absolute Gasteiger partial charge is 0.493 e. The van der Waals surface area contributed by atoms with E-state index in [1.54, 1.807) is 12.1 Å². The van der Waals surface area contributed by atoms with Crippen LogP contribution in [0.3, 0.4) is 0 Å². The topological polar surface area (TPSA) is 102 Å². The summed E-state index contributed by atoms with van der Waals surface area (Å²) in [6, 6.07) is 9.47. The zero-order valence-corrected chi connectivity index (χ0v) is 17.5. The maximum atomic E-state index is 12.4. The quantitative estimate of drug-likeness (QED) is 0.427. The lowest BCUT2D eigenvalue weighted by Gasteiger charge is -2.10. The molecule has 0 saturated heterocycles. The molecule has 0 saturated carbocycles. The Morgan fingerprint density at radius 2 is 1.75 bits per heavy atom. The van der Waals surface area contributed by atoms with Gasteiger partial charge in [0.1, 0.15) is 0 Å². The van der Waals surface area contributed by atoms with E-state index in [2.05, 4.69) is 14.9 Å². The Balaban J connectivity index is 1.57. The molecule has 0 unspecified atom stereocenters. The average Bonchev–Trinajstić information content (AvgIpc) is 3.25. The SMILES string of the molecule is COc1cc(C)ccc1OCC(=O)OCc1nc(-c2ccc(OC(F)F)c(OC)c2)no1. The molecule has 0 aliphatic carbocycles. The van der Waals surface area contributed by atoms with Crippen LogP contribution in [0.4, 0.5) is 8.78 Å². The van der Waals surface area contributed by atoms with E-state index in [9.17, 15) is 13.6 Å². The Kier molecular flexibility index (Phi) is 7.42. The number of carbonyl (C=O) groups excluding carboxylic acids is 1. The van der Waals surface area contributed by atoms with Gasteiger partial charge in [0.2, 0.25) is 5.82 Å². The van der Waals surface area contributed by atoms with Crippen molar-refractivity contribution in [2.75, 3.05) is 20.8 Å². The number of alkyl halides is 2. The normalized spacial score (nSPS) is 10.7. The molecule has 0 amide bonds. The van der Waals surface area contributed by atoms with Crippen LogP contribution in [0.5, 0.6) is 23.0 Å². The summed E-state index contributed by atoms with van der Waals surface area (Å²) < 4.78 is 55.1. The number of methoxy groups -OCH3 is 2. The molecule has 170 valence electrons. The molecule has 3 rings (SSSR count). The van der Waals surface area contributed by atoms with Crippen LogP contribution < -0.4 is 18.9 Å². The maximum absolute atomic E-state index is 12.4. The summed E-state index contributed by atoms with van der Waals surface area (Å²) in [4.78, 5) is 16.1. The van der Waals surface area contributed by atoms with E-state index in [4.69, 9.17) is 23.5 Å². The smallest absolute Gasteiger partial charge is 0.387 e. The fraction of sp³-hybridized carbons (Fsp3) is 0.286. The third-order valence-electron chi connectivity index (χ3n) is 4.13. The lowest BCUT2D eigenvalue weighted by molar-refractivity contribution is -0.148. The zero-order chi connectivity index (χ0) is 23.1. The number of hydrogen-bond donors (Lipinski definition) is 0. The lowest BCUT2D eigenvalue weighted by Crippen LogP contribution is -2.15. The minimum absolute atomic E-state index is 0.0353. The molecule has 2 aromatic carbocycles. The van der Waals surface area contributed by atoms with Gasteiger partial charge in [0, 0.05) is 5.56 Å². The number of halogens is 2. The van der Waals surface area contributed by atoms with Crippen molar-refractivity contribution in [3.8, 4) is 34.4 Å². The van der Waals surface area contributed by atoms with Gasteiger partial charge >= 0.3 is 12.6 Å². The van der Waals surface area contributed by atoms with E-state index in [-0.39, 0.29) is 36.4 Å². The van der Waals surface area contributed by atoms with Crippen molar-refractivity contribution in [3.05, 3.63) is 47.9 Å². The highest BCUT2D eigenvalue weighted by atomic mass is 19.3. The molecule has 3 aromatic rings. The van der Waals surface area contributed by atoms with Gasteiger partial charge in [-0.3, -0.25) is 0 Å². The number of rotatable bonds is 10. The highest BCUT2D eigenvalue weighted by molar-refractivity contribution is 5.71. The molecule has 0 fully saturated rings. The van der Waals surface area contributed by atoms with E-state index in [1.807, 2.05) is 13.0 Å². The van der Waals surface area contributed by atoms with Crippen LogP contribution in [0.15, 0.2) is 40.9 Å². The number of nitrogens with zero attached hydrogens (tertiary/aromatic N) is 2. The van der Waals surface area contributed by atoms with Crippen molar-refractivity contribution in [2.45, 2.75) is 20.1 Å². The van der Waals surface area contributed by atoms with Gasteiger partial charge in [-0.1, -0.05) is 11.2 Å². The van der Waals surface area contributed by atoms with Crippen molar-refractivity contribution in [1.82, 2.24) is 10.1 Å². The summed E-state index contributed by atoms with van der Waals surface area (Å²) in [6.07, 6.45) is 0. The molecule has 32 heavy (non-hydrogen) atoms. The molecule has 0 aliphatic rings. The second kappa shape index (κ2) is 10.4. The van der Waals surface area contributed by atoms with Crippen molar-refractivity contribution < 1.29 is 41.8 Å². The summed E-state index contributed by atoms with van der Waals surface area (Å²) >= 11 is 0. The predicted molar refractivity (Wildman–Crippen MR) is 106 cm³/mol. The van der Waals surface area contributed by atoms with E-state index >= 15 is 0 Å². The Morgan fingerprint density at radius 3 is 2.47 bits per heavy atom. The first-order chi connectivity index (χ1) is 15.4. The van der Waals surface area contributed by atoms with Gasteiger partial charge in [-0.15, -0.1) is 0 Å². The number of hydrogen-bond acceptors (Lipinski definition) is 9. The Bertz CT molecular complexity index is 1070. The number of aromatic nitrogens is 2. The third kappa shape index (κ3) is 5.84. The first kappa shape index (κ1) is 22.8. The minimum atomic E-state index is -2.99. The standard InChI is InChI=1S/C21H20F2N2O7/c1-12-4-6-14(16(8-12)27-2)29-11-19(26)30-10-18-24-20(25-32-18)13-5-7-15(31-21(22)23)17(9-13)28-3/h4-9,21H,10-11H2,1-3H3. The number of benzene rings is 2. The molecule has 0 radical (unpaired) electrons. The Hall–Kier alpha value is -3.89. The van der Waals surface area contributed by atoms with Crippen LogP contribution in [-0.2, 0) is 16.1 Å². The van der Waals surface area contributed by atoms with Crippen molar-refractivity contribution in [3.63, 3.8) is 0 Å². The van der Waals surface area contributed by atoms with Crippen molar-refractivity contribution in [1.29, 1.82) is 0 Å². The number of esters is 1. The van der Waals surface area contributed by atoms with Gasteiger partial charge < -0.3 is 28.2 Å². The van der Waals surface area contributed by atoms with Crippen LogP contribution in [0, 0.1) is 6.92 Å². The average molecular weight is 450 g/mol. The van der Waals surface area contributed by atoms with E-state index in [1.165, 1.54) is 32.4 Å². The minimum Gasteiger partial charge on any atom is -0.493 e. The molecule has 0 spiro atoms. The second-order valence-electron chi connectivity index (χ2n) is 6.36. The van der Waals surface area contributed by atoms with Crippen LogP contribution >= 0.6 is 0 Å². The first-order valence-corrected chi connectivity index (χ1v) is 9.28. The summed E-state index contributed by atoms with van der Waals surface area (Å²) in [5.41, 5.74) is 1.41. The molecule has 9 nitrogen and oxygen atoms in total. The number of aryl methyl sites for hydroxylation is 1. The molecule has 0 atom stereocenters. The maximum Gasteiger partial charge on any atom is 0.387 e. The summed E-state index contributed by atoms with van der Waals surface area (Å²) in [7, 11) is 2.81. The molecule has 11 heteroatoms. The molecular weight excluding hydrogens is 430 g/mol. The van der Waals surface area contributed by atoms with Crippen LogP contribution in [-0.4, -0.2) is 43.5 Å². The summed E-state index contributed by atoms with van der Waals surface area (Å²) in [5, 5.41) is 3.79. The second-order valence-corrected chi connectivity index (χ2v) is 6.36. The van der Waals surface area contributed by atoms with Gasteiger partial charge in [0.15, 0.2) is 36.2 Å². The number of carbonyl (C=O) groups is 1. The molecule has 0 N–H and O–H groups in total. The van der Waals surface area contributed by atoms with Gasteiger partial charge in [0.25, 0.3) is 5.89 Å². The van der Waals surface area contributed by atoms with Gasteiger partial charge in [-0.2, -0.15) is 13.8 Å². The van der Waals surface area contributed by atoms with Crippen molar-refractivity contribution in [2.24, 2.45) is 0 Å². The van der Waals surface area contributed by atoms with Gasteiger partial charge in [-0.25, -0.2) is 4.79 Å². The third-order valence-corrected chi connectivity index (χ3v) is 4.13. The van der Waals surface area contributed by atoms with Gasteiger partial charge in [0.05, 0.1) is 14.2 Å². The lowest BCUT2D eigenvalue weighted by atomic mass is 10.2. The van der Waals surface area contributed by atoms with Crippen LogP contribution in [0.1, 0.15) is 11.5 Å². The molecule has 0 bridgehead atoms. The first-order valence-electron chi connectivity index (χ1n) is 9.28. The monoisotopic (exact) mass is 450 g/mol. The molecule has 0 aliphatic heterocycles. The fourth-order valence-electron chi connectivity index (χ4n) is 2.65. The zero-order valence-electron chi connectivity index (χ0n) is 17.5. The highest BCUT2D eigenvalue weighted by Crippen LogP contribution is 2.32. The van der Waals surface area contributed by atoms with Crippen molar-refractivity contribution >= 4 is 5.97 Å². The highest BCUT2D eigenvalue weighted by Gasteiger charge is 2.16.